The van der Waals surface area contributed by atoms with E-state index in [-0.39, 0.29) is 34.9 Å². The minimum Gasteiger partial charge on any atom is -0.469 e. The van der Waals surface area contributed by atoms with Gasteiger partial charge in [-0.2, -0.15) is 0 Å². The number of carbonyl (C=O) groups is 1. The second-order valence-corrected chi connectivity index (χ2v) is 6.99. The van der Waals surface area contributed by atoms with E-state index in [1.54, 1.807) is 0 Å². The maximum Gasteiger partial charge on any atom is 0.309 e. The summed E-state index contributed by atoms with van der Waals surface area (Å²) in [5, 5.41) is 0. The Labute approximate surface area is 109 Å². The minimum absolute atomic E-state index is 0.0772. The van der Waals surface area contributed by atoms with Crippen LogP contribution in [-0.2, 0) is 19.0 Å². The normalized spacial score (nSPS) is 39.4. The number of hydrogen-bond acceptors (Lipinski definition) is 4. The lowest BCUT2D eigenvalue weighted by molar-refractivity contribution is -0.159. The van der Waals surface area contributed by atoms with Gasteiger partial charge in [-0.3, -0.25) is 4.79 Å². The van der Waals surface area contributed by atoms with Crippen molar-refractivity contribution in [3.63, 3.8) is 0 Å². The molecule has 1 aliphatic carbocycles. The Morgan fingerprint density at radius 3 is 2.06 bits per heavy atom. The second kappa shape index (κ2) is 3.70. The molecule has 104 valence electrons. The van der Waals surface area contributed by atoms with Gasteiger partial charge in [0.15, 0.2) is 5.79 Å². The van der Waals surface area contributed by atoms with Crippen LogP contribution in [0.25, 0.3) is 0 Å². The molecular weight excluding hydrogens is 232 g/mol. The Bertz CT molecular complexity index is 370. The fraction of sp³-hybridized carbons (Fsp3) is 0.929. The predicted octanol–water partition coefficient (Wildman–Crippen LogP) is 2.36. The molecule has 3 unspecified atom stereocenters. The molecule has 0 aromatic heterocycles. The molecule has 4 nitrogen and oxygen atoms in total. The van der Waals surface area contributed by atoms with Gasteiger partial charge in [-0.05, 0) is 33.1 Å². The van der Waals surface area contributed by atoms with Crippen molar-refractivity contribution < 1.29 is 19.0 Å². The average Bonchev–Trinajstić information content (AvgIpc) is 2.65. The first-order valence-electron chi connectivity index (χ1n) is 6.49. The topological polar surface area (TPSA) is 44.8 Å². The van der Waals surface area contributed by atoms with Gasteiger partial charge in [-0.15, -0.1) is 0 Å². The number of carbonyl (C=O) groups excluding carboxylic acids is 1. The van der Waals surface area contributed by atoms with Crippen molar-refractivity contribution in [3.8, 4) is 0 Å². The third kappa shape index (κ3) is 1.95. The zero-order valence-electron chi connectivity index (χ0n) is 12.4. The highest BCUT2D eigenvalue weighted by Crippen LogP contribution is 2.64. The lowest BCUT2D eigenvalue weighted by Gasteiger charge is -2.24. The summed E-state index contributed by atoms with van der Waals surface area (Å²) < 4.78 is 16.8. The molecule has 0 N–H and O–H groups in total. The summed E-state index contributed by atoms with van der Waals surface area (Å²) in [5.74, 6) is -0.673. The van der Waals surface area contributed by atoms with Crippen LogP contribution < -0.4 is 0 Å². The van der Waals surface area contributed by atoms with Gasteiger partial charge < -0.3 is 14.2 Å². The van der Waals surface area contributed by atoms with E-state index in [1.807, 2.05) is 27.7 Å². The molecule has 0 aromatic carbocycles. The van der Waals surface area contributed by atoms with E-state index in [0.717, 1.165) is 0 Å². The number of ether oxygens (including phenoxy) is 3. The number of esters is 1. The monoisotopic (exact) mass is 256 g/mol. The first-order chi connectivity index (χ1) is 8.03. The van der Waals surface area contributed by atoms with Crippen molar-refractivity contribution in [1.82, 2.24) is 0 Å². The predicted molar refractivity (Wildman–Crippen MR) is 66.9 cm³/mol. The number of methoxy groups -OCH3 is 1. The third-order valence-corrected chi connectivity index (χ3v) is 4.30. The number of rotatable bonds is 2. The van der Waals surface area contributed by atoms with Crippen molar-refractivity contribution in [1.29, 1.82) is 0 Å². The number of hydrogen-bond donors (Lipinski definition) is 0. The first kappa shape index (κ1) is 13.8. The van der Waals surface area contributed by atoms with E-state index in [2.05, 4.69) is 13.8 Å². The second-order valence-electron chi connectivity index (χ2n) is 6.99. The van der Waals surface area contributed by atoms with Gasteiger partial charge in [0.05, 0.1) is 24.7 Å². The largest absolute Gasteiger partial charge is 0.469 e. The summed E-state index contributed by atoms with van der Waals surface area (Å²) in [6, 6.07) is 0. The van der Waals surface area contributed by atoms with Crippen LogP contribution in [0.1, 0.15) is 41.5 Å². The van der Waals surface area contributed by atoms with Gasteiger partial charge in [-0.1, -0.05) is 13.8 Å². The van der Waals surface area contributed by atoms with E-state index in [9.17, 15) is 4.79 Å². The van der Waals surface area contributed by atoms with Crippen LogP contribution >= 0.6 is 0 Å². The van der Waals surface area contributed by atoms with Crippen molar-refractivity contribution in [2.75, 3.05) is 7.11 Å². The molecule has 0 spiro atoms. The molecule has 1 saturated heterocycles. The Kier molecular flexibility index (Phi) is 2.84. The molecule has 1 aliphatic heterocycles. The Balaban J connectivity index is 2.21. The molecule has 3 atom stereocenters. The zero-order valence-corrected chi connectivity index (χ0v) is 12.4. The molecule has 2 fully saturated rings. The van der Waals surface area contributed by atoms with Gasteiger partial charge in [-0.25, -0.2) is 0 Å². The summed E-state index contributed by atoms with van der Waals surface area (Å²) in [5.41, 5.74) is -0.465. The van der Waals surface area contributed by atoms with Crippen LogP contribution in [0.15, 0.2) is 0 Å². The fourth-order valence-corrected chi connectivity index (χ4v) is 3.49. The molecule has 2 rings (SSSR count). The van der Waals surface area contributed by atoms with E-state index in [0.29, 0.717) is 0 Å². The van der Waals surface area contributed by atoms with E-state index >= 15 is 0 Å². The van der Waals surface area contributed by atoms with Crippen LogP contribution in [0.4, 0.5) is 0 Å². The van der Waals surface area contributed by atoms with Gasteiger partial charge in [0, 0.05) is 5.92 Å². The van der Waals surface area contributed by atoms with Crippen molar-refractivity contribution in [3.05, 3.63) is 0 Å². The quantitative estimate of drug-likeness (QED) is 0.711. The maximum absolute atomic E-state index is 11.8. The molecule has 0 radical (unpaired) electrons. The lowest BCUT2D eigenvalue weighted by Crippen LogP contribution is -2.36. The van der Waals surface area contributed by atoms with Gasteiger partial charge >= 0.3 is 5.97 Å². The molecule has 18 heavy (non-hydrogen) atoms. The lowest BCUT2D eigenvalue weighted by atomic mass is 9.93. The van der Waals surface area contributed by atoms with Gasteiger partial charge in [0.25, 0.3) is 0 Å². The maximum atomic E-state index is 11.8. The molecule has 0 bridgehead atoms. The minimum atomic E-state index is -0.590. The summed E-state index contributed by atoms with van der Waals surface area (Å²) in [7, 11) is 1.44. The molecule has 4 heteroatoms. The summed E-state index contributed by atoms with van der Waals surface area (Å²) in [6.07, 6.45) is -0.0772. The highest BCUT2D eigenvalue weighted by Gasteiger charge is 2.70. The molecule has 0 aromatic rings. The van der Waals surface area contributed by atoms with Crippen LogP contribution in [-0.4, -0.2) is 30.6 Å². The van der Waals surface area contributed by atoms with E-state index < -0.39 is 5.79 Å². The Morgan fingerprint density at radius 1 is 1.11 bits per heavy atom. The molecule has 1 saturated carbocycles. The average molecular weight is 256 g/mol. The molecule has 2 aliphatic rings. The molecule has 1 heterocycles. The van der Waals surface area contributed by atoms with Gasteiger partial charge in [0.1, 0.15) is 0 Å². The zero-order chi connectivity index (χ0) is 13.9. The van der Waals surface area contributed by atoms with Crippen LogP contribution in [0.3, 0.4) is 0 Å². The van der Waals surface area contributed by atoms with Crippen LogP contribution in [0.5, 0.6) is 0 Å². The van der Waals surface area contributed by atoms with Gasteiger partial charge in [0.2, 0.25) is 0 Å². The first-order valence-corrected chi connectivity index (χ1v) is 6.49. The van der Waals surface area contributed by atoms with E-state index in [1.165, 1.54) is 7.11 Å². The standard InChI is InChI=1S/C14H24O4/c1-12(2)8(9(12)11(15)16-7)10-13(3,4)18-14(5,6)17-10/h8-10H,1-7H3. The van der Waals surface area contributed by atoms with Crippen molar-refractivity contribution in [2.45, 2.75) is 59.0 Å². The Hall–Kier alpha value is -0.610. The van der Waals surface area contributed by atoms with E-state index in [4.69, 9.17) is 14.2 Å². The van der Waals surface area contributed by atoms with Crippen molar-refractivity contribution in [2.24, 2.45) is 17.3 Å². The van der Waals surface area contributed by atoms with Crippen LogP contribution in [0, 0.1) is 17.3 Å². The SMILES string of the molecule is COC(=O)C1C(C2OC(C)(C)OC2(C)C)C1(C)C. The molecule has 0 amide bonds. The summed E-state index contributed by atoms with van der Waals surface area (Å²) >= 11 is 0. The summed E-state index contributed by atoms with van der Waals surface area (Å²) in [6.45, 7) is 12.0. The van der Waals surface area contributed by atoms with Crippen molar-refractivity contribution >= 4 is 5.97 Å². The smallest absolute Gasteiger partial charge is 0.309 e. The summed E-state index contributed by atoms with van der Waals surface area (Å²) in [4.78, 5) is 11.8. The molecular formula is C14H24O4. The fourth-order valence-electron chi connectivity index (χ4n) is 3.49. The Morgan fingerprint density at radius 2 is 1.67 bits per heavy atom. The third-order valence-electron chi connectivity index (χ3n) is 4.30. The highest BCUT2D eigenvalue weighted by molar-refractivity contribution is 5.77. The van der Waals surface area contributed by atoms with Crippen LogP contribution in [0.2, 0.25) is 0 Å². The highest BCUT2D eigenvalue weighted by atomic mass is 16.8.